The molecule has 3 heterocycles. The van der Waals surface area contributed by atoms with Gasteiger partial charge in [0.1, 0.15) is 5.65 Å². The summed E-state index contributed by atoms with van der Waals surface area (Å²) in [5.41, 5.74) is 6.82. The molecule has 0 aliphatic carbocycles. The Bertz CT molecular complexity index is 1930. The van der Waals surface area contributed by atoms with E-state index < -0.39 is 12.2 Å². The highest BCUT2D eigenvalue weighted by Crippen LogP contribution is 2.42. The molecular formula is C35H37Cl2N5O4. The van der Waals surface area contributed by atoms with Crippen molar-refractivity contribution in [3.05, 3.63) is 104 Å². The molecule has 0 aliphatic heterocycles. The van der Waals surface area contributed by atoms with E-state index in [-0.39, 0.29) is 5.56 Å². The number of hydrogen-bond acceptors (Lipinski definition) is 8. The SMILES string of the molecule is COc1nc(-c2cccc(-c3cccc(-c4ccn5c(=O)c(CNC[C@@H](C)O)c(C)nc5c4)c3Cl)c2Cl)ccc1CNC[C@@H](C)O. The highest BCUT2D eigenvalue weighted by atomic mass is 35.5. The fourth-order valence-electron chi connectivity index (χ4n) is 5.31. The third-order valence-electron chi connectivity index (χ3n) is 7.63. The molecule has 2 atom stereocenters. The molecule has 46 heavy (non-hydrogen) atoms. The Morgan fingerprint density at radius 1 is 0.848 bits per heavy atom. The monoisotopic (exact) mass is 661 g/mol. The maximum absolute atomic E-state index is 13.2. The Labute approximate surface area is 277 Å². The van der Waals surface area contributed by atoms with Crippen LogP contribution >= 0.6 is 23.2 Å². The van der Waals surface area contributed by atoms with Crippen LogP contribution in [0.1, 0.15) is 30.7 Å². The van der Waals surface area contributed by atoms with Crippen LogP contribution in [-0.4, -0.2) is 57.0 Å². The Kier molecular flexibility index (Phi) is 10.7. The average molecular weight is 663 g/mol. The van der Waals surface area contributed by atoms with E-state index in [1.165, 1.54) is 4.40 Å². The molecule has 4 N–H and O–H groups in total. The number of nitrogens with zero attached hydrogens (tertiary/aromatic N) is 3. The first-order valence-corrected chi connectivity index (χ1v) is 15.8. The summed E-state index contributed by atoms with van der Waals surface area (Å²) in [6, 6.07) is 19.0. The summed E-state index contributed by atoms with van der Waals surface area (Å²) in [5, 5.41) is 26.4. The van der Waals surface area contributed by atoms with Gasteiger partial charge in [-0.2, -0.15) is 0 Å². The maximum atomic E-state index is 13.2. The summed E-state index contributed by atoms with van der Waals surface area (Å²) >= 11 is 14.1. The molecule has 0 aliphatic rings. The van der Waals surface area contributed by atoms with Gasteiger partial charge in [0.05, 0.1) is 40.6 Å². The molecule has 5 rings (SSSR count). The maximum Gasteiger partial charge on any atom is 0.262 e. The molecule has 9 nitrogen and oxygen atoms in total. The van der Waals surface area contributed by atoms with Crippen LogP contribution in [0.4, 0.5) is 0 Å². The lowest BCUT2D eigenvalue weighted by molar-refractivity contribution is 0.190. The number of pyridine rings is 2. The number of benzene rings is 2. The minimum absolute atomic E-state index is 0.162. The number of aliphatic hydroxyl groups excluding tert-OH is 2. The molecule has 0 saturated heterocycles. The van der Waals surface area contributed by atoms with Gasteiger partial charge in [0, 0.05) is 65.9 Å². The van der Waals surface area contributed by atoms with Gasteiger partial charge in [-0.05, 0) is 44.5 Å². The number of hydrogen-bond donors (Lipinski definition) is 4. The van der Waals surface area contributed by atoms with Gasteiger partial charge in [-0.3, -0.25) is 9.20 Å². The molecule has 0 radical (unpaired) electrons. The molecule has 240 valence electrons. The zero-order chi connectivity index (χ0) is 33.0. The number of rotatable bonds is 12. The fourth-order valence-corrected chi connectivity index (χ4v) is 5.97. The largest absolute Gasteiger partial charge is 0.481 e. The number of nitrogens with one attached hydrogen (secondary N) is 2. The Morgan fingerprint density at radius 2 is 1.46 bits per heavy atom. The van der Waals surface area contributed by atoms with E-state index in [4.69, 9.17) is 37.9 Å². The highest BCUT2D eigenvalue weighted by molar-refractivity contribution is 6.39. The van der Waals surface area contributed by atoms with Crippen molar-refractivity contribution in [3.63, 3.8) is 0 Å². The van der Waals surface area contributed by atoms with Crippen molar-refractivity contribution in [1.29, 1.82) is 0 Å². The third-order valence-corrected chi connectivity index (χ3v) is 8.45. The van der Waals surface area contributed by atoms with Crippen molar-refractivity contribution in [3.8, 4) is 39.4 Å². The highest BCUT2D eigenvalue weighted by Gasteiger charge is 2.18. The summed E-state index contributed by atoms with van der Waals surface area (Å²) < 4.78 is 7.08. The summed E-state index contributed by atoms with van der Waals surface area (Å²) in [7, 11) is 1.57. The van der Waals surface area contributed by atoms with Crippen LogP contribution in [0, 0.1) is 6.92 Å². The van der Waals surface area contributed by atoms with Crippen molar-refractivity contribution < 1.29 is 14.9 Å². The third kappa shape index (κ3) is 7.25. The Balaban J connectivity index is 1.48. The second-order valence-electron chi connectivity index (χ2n) is 11.3. The van der Waals surface area contributed by atoms with Crippen LogP contribution in [0.2, 0.25) is 10.0 Å². The number of aryl methyl sites for hydroxylation is 1. The normalized spacial score (nSPS) is 12.8. The first kappa shape index (κ1) is 33.5. The van der Waals surface area contributed by atoms with Gasteiger partial charge in [-0.25, -0.2) is 9.97 Å². The average Bonchev–Trinajstić information content (AvgIpc) is 3.02. The molecule has 11 heteroatoms. The minimum atomic E-state index is -0.515. The molecule has 3 aromatic heterocycles. The van der Waals surface area contributed by atoms with Gasteiger partial charge in [-0.1, -0.05) is 65.7 Å². The smallest absolute Gasteiger partial charge is 0.262 e. The second-order valence-corrected chi connectivity index (χ2v) is 12.0. The van der Waals surface area contributed by atoms with Gasteiger partial charge in [0.2, 0.25) is 5.88 Å². The van der Waals surface area contributed by atoms with Crippen LogP contribution < -0.4 is 20.9 Å². The van der Waals surface area contributed by atoms with Gasteiger partial charge in [0.15, 0.2) is 0 Å². The van der Waals surface area contributed by atoms with E-state index in [9.17, 15) is 15.0 Å². The summed E-state index contributed by atoms with van der Waals surface area (Å²) in [5.74, 6) is 0.472. The molecule has 0 unspecified atom stereocenters. The lowest BCUT2D eigenvalue weighted by Crippen LogP contribution is -2.30. The Morgan fingerprint density at radius 3 is 2.11 bits per heavy atom. The first-order chi connectivity index (χ1) is 22.1. The molecule has 0 fully saturated rings. The van der Waals surface area contributed by atoms with E-state index in [1.807, 2.05) is 67.6 Å². The standard InChI is InChI=1S/C35H37Cl2N5O4/c1-20(43)16-38-18-24-11-12-30(41-34(24)46-4)28-10-6-9-27(33(28)37)26-8-5-7-25(32(26)36)23-13-14-42-31(15-23)40-22(3)29(35(42)45)19-39-17-21(2)44/h5-15,20-21,38-39,43-44H,16-19H2,1-4H3/t20-,21-/m1/s1. The van der Waals surface area contributed by atoms with E-state index in [0.717, 1.165) is 33.4 Å². The lowest BCUT2D eigenvalue weighted by atomic mass is 9.97. The molecule has 0 spiro atoms. The van der Waals surface area contributed by atoms with Crippen molar-refractivity contribution >= 4 is 28.8 Å². The lowest BCUT2D eigenvalue weighted by Gasteiger charge is -2.15. The fraction of sp³-hybridized carbons (Fsp3) is 0.286. The summed E-state index contributed by atoms with van der Waals surface area (Å²) in [4.78, 5) is 22.7. The number of fused-ring (bicyclic) bond motifs is 1. The quantitative estimate of drug-likeness (QED) is 0.135. The summed E-state index contributed by atoms with van der Waals surface area (Å²) in [6.45, 7) is 6.86. The van der Waals surface area contributed by atoms with E-state index in [1.54, 1.807) is 27.2 Å². The van der Waals surface area contributed by atoms with E-state index in [2.05, 4.69) is 10.6 Å². The Hall–Kier alpha value is -3.83. The molecular weight excluding hydrogens is 625 g/mol. The number of ether oxygens (including phenoxy) is 1. The number of methoxy groups -OCH3 is 1. The predicted molar refractivity (Wildman–Crippen MR) is 184 cm³/mol. The van der Waals surface area contributed by atoms with Crippen molar-refractivity contribution in [2.45, 2.75) is 46.1 Å². The molecule has 0 bridgehead atoms. The van der Waals surface area contributed by atoms with Crippen LogP contribution in [-0.2, 0) is 13.1 Å². The van der Waals surface area contributed by atoms with Crippen molar-refractivity contribution in [2.75, 3.05) is 20.2 Å². The van der Waals surface area contributed by atoms with Crippen LogP contribution in [0.3, 0.4) is 0 Å². The zero-order valence-corrected chi connectivity index (χ0v) is 27.7. The van der Waals surface area contributed by atoms with Gasteiger partial charge >= 0.3 is 0 Å². The van der Waals surface area contributed by atoms with Crippen LogP contribution in [0.15, 0.2) is 71.7 Å². The molecule has 5 aromatic rings. The molecule has 0 amide bonds. The van der Waals surface area contributed by atoms with Crippen LogP contribution in [0.25, 0.3) is 39.2 Å². The van der Waals surface area contributed by atoms with E-state index >= 15 is 0 Å². The van der Waals surface area contributed by atoms with Crippen molar-refractivity contribution in [1.82, 2.24) is 25.0 Å². The minimum Gasteiger partial charge on any atom is -0.481 e. The van der Waals surface area contributed by atoms with Gasteiger partial charge in [0.25, 0.3) is 5.56 Å². The molecule has 0 saturated carbocycles. The number of aliphatic hydroxyl groups is 2. The zero-order valence-electron chi connectivity index (χ0n) is 26.1. The second kappa shape index (κ2) is 14.7. The summed E-state index contributed by atoms with van der Waals surface area (Å²) in [6.07, 6.45) is 0.732. The van der Waals surface area contributed by atoms with Gasteiger partial charge in [-0.15, -0.1) is 0 Å². The number of halogens is 2. The van der Waals surface area contributed by atoms with E-state index in [0.29, 0.717) is 64.7 Å². The van der Waals surface area contributed by atoms with Crippen LogP contribution in [0.5, 0.6) is 5.88 Å². The number of aromatic nitrogens is 3. The topological polar surface area (TPSA) is 121 Å². The predicted octanol–water partition coefficient (Wildman–Crippen LogP) is 5.66. The van der Waals surface area contributed by atoms with Crippen molar-refractivity contribution in [2.24, 2.45) is 0 Å². The van der Waals surface area contributed by atoms with Gasteiger partial charge < -0.3 is 25.6 Å². The molecule has 2 aromatic carbocycles. The first-order valence-electron chi connectivity index (χ1n) is 15.0.